The molecule has 0 aliphatic rings. The fourth-order valence-electron chi connectivity index (χ4n) is 6.53. The summed E-state index contributed by atoms with van der Waals surface area (Å²) in [5.41, 5.74) is 7.15. The smallest absolute Gasteiger partial charge is 0.326 e. The first-order valence-corrected chi connectivity index (χ1v) is 25.4. The molecule has 0 bridgehead atoms. The van der Waals surface area contributed by atoms with Gasteiger partial charge in [0, 0.05) is 23.6 Å². The molecule has 0 saturated heterocycles. The third-order valence-electron chi connectivity index (χ3n) is 10.0. The van der Waals surface area contributed by atoms with Crippen LogP contribution in [-0.2, 0) is 24.4 Å². The zero-order valence-electron chi connectivity index (χ0n) is 38.4. The van der Waals surface area contributed by atoms with Crippen molar-refractivity contribution in [3.63, 3.8) is 0 Å². The molecule has 0 unspecified atom stereocenters. The van der Waals surface area contributed by atoms with Gasteiger partial charge < -0.3 is 9.64 Å². The lowest BCUT2D eigenvalue weighted by Gasteiger charge is -2.26. The van der Waals surface area contributed by atoms with Crippen molar-refractivity contribution in [2.75, 3.05) is 35.4 Å². The van der Waals surface area contributed by atoms with Gasteiger partial charge in [0.05, 0.1) is 24.3 Å². The van der Waals surface area contributed by atoms with Crippen LogP contribution in [0.15, 0.2) is 113 Å². The summed E-state index contributed by atoms with van der Waals surface area (Å²) in [4.78, 5) is 28.0. The lowest BCUT2D eigenvalue weighted by molar-refractivity contribution is -0.145. The third kappa shape index (κ3) is 21.2. The Kier molecular flexibility index (Phi) is 25.4. The topological polar surface area (TPSA) is 120 Å². The number of rotatable bonds is 26. The highest BCUT2D eigenvalue weighted by Gasteiger charge is 2.17. The van der Waals surface area contributed by atoms with E-state index in [-0.39, 0.29) is 17.3 Å². The molecule has 1 amide bonds. The average Bonchev–Trinajstić information content (AvgIpc) is 3.28. The van der Waals surface area contributed by atoms with Crippen LogP contribution in [0.1, 0.15) is 121 Å². The van der Waals surface area contributed by atoms with E-state index >= 15 is 0 Å². The van der Waals surface area contributed by atoms with Crippen LogP contribution in [0.25, 0.3) is 6.08 Å². The van der Waals surface area contributed by atoms with E-state index in [0.717, 1.165) is 68.4 Å². The molecule has 0 heterocycles. The van der Waals surface area contributed by atoms with E-state index < -0.39 is 28.4 Å². The minimum Gasteiger partial charge on any atom is -0.464 e. The van der Waals surface area contributed by atoms with Gasteiger partial charge in [0.2, 0.25) is 6.41 Å². The number of aryl methyl sites for hydroxylation is 1. The molecule has 0 radical (unpaired) electrons. The number of unbranched alkanes of at least 4 members (excludes halogenated alkanes) is 9. The summed E-state index contributed by atoms with van der Waals surface area (Å²) in [5, 5.41) is 7.04. The number of thiocarbonyl (C=S) groups is 1. The predicted octanol–water partition coefficient (Wildman–Crippen LogP) is 13.3. The van der Waals surface area contributed by atoms with E-state index in [4.69, 9.17) is 26.6 Å². The highest BCUT2D eigenvalue weighted by atomic mass is 32.2. The zero-order chi connectivity index (χ0) is 46.6. The first-order valence-electron chi connectivity index (χ1n) is 22.5. The summed E-state index contributed by atoms with van der Waals surface area (Å²) in [7, 11) is -4.15. The van der Waals surface area contributed by atoms with Gasteiger partial charge in [0.15, 0.2) is 0 Å². The van der Waals surface area contributed by atoms with Gasteiger partial charge in [-0.15, -0.1) is 0 Å². The van der Waals surface area contributed by atoms with Gasteiger partial charge in [-0.25, -0.2) is 0 Å². The molecular weight excluding hydrogens is 861 g/mol. The molecule has 64 heavy (non-hydrogen) atoms. The number of carbonyl (C=O) groups is 2. The number of allylic oxidation sites excluding steroid dienone is 1. The van der Waals surface area contributed by atoms with Crippen molar-refractivity contribution in [3.05, 3.63) is 125 Å². The van der Waals surface area contributed by atoms with Crippen molar-refractivity contribution >= 4 is 85.8 Å². The molecule has 4 aromatic carbocycles. The zero-order valence-corrected chi connectivity index (χ0v) is 40.8. The Morgan fingerprint density at radius 3 is 1.78 bits per heavy atom. The Morgan fingerprint density at radius 1 is 0.719 bits per heavy atom. The summed E-state index contributed by atoms with van der Waals surface area (Å²) in [5.74, 6) is -1.27. The molecule has 13 heteroatoms. The van der Waals surface area contributed by atoms with Crippen molar-refractivity contribution in [2.24, 2.45) is 5.10 Å². The van der Waals surface area contributed by atoms with E-state index in [9.17, 15) is 18.0 Å². The molecule has 0 saturated carbocycles. The van der Waals surface area contributed by atoms with E-state index in [1.54, 1.807) is 0 Å². The van der Waals surface area contributed by atoms with Gasteiger partial charge in [-0.3, -0.25) is 24.1 Å². The summed E-state index contributed by atoms with van der Waals surface area (Å²) in [6, 6.07) is 35.3. The monoisotopic (exact) mass is 928 g/mol. The normalized spacial score (nSPS) is 11.4. The second kappa shape index (κ2) is 30.3. The standard InChI is InChI=1S/C46H56N4O6S3.C5H12/c1-4-5-6-7-8-9-10-14-30-49(41-16-12-11-13-17-41)47-34-40-22-28-44(29-23-40)50(42-24-18-37(2)19-25-42)43-26-20-39(21-27-43)33-38(3)58-46(57)48(36-51)35-45(52)56-31-15-32-59(53,54)55;1-3-5-4-2/h11-13,16-29,33-34,36H,4-10,14-15,30-32,35H2,1-3H3,(H,53,54,55);3-5H2,1-2H3/b38-33+,47-34+;. The van der Waals surface area contributed by atoms with E-state index in [2.05, 4.69) is 123 Å². The summed E-state index contributed by atoms with van der Waals surface area (Å²) >= 11 is 6.58. The molecule has 1 N–H and O–H groups in total. The molecule has 4 aromatic rings. The average molecular weight is 929 g/mol. The molecular formula is C51H68N4O6S3. The van der Waals surface area contributed by atoms with Crippen LogP contribution in [0.2, 0.25) is 0 Å². The largest absolute Gasteiger partial charge is 0.464 e. The molecule has 10 nitrogen and oxygen atoms in total. The van der Waals surface area contributed by atoms with Crippen LogP contribution in [-0.4, -0.2) is 66.2 Å². The van der Waals surface area contributed by atoms with E-state index in [1.165, 1.54) is 69.8 Å². The molecule has 4 rings (SSSR count). The van der Waals surface area contributed by atoms with Crippen molar-refractivity contribution in [3.8, 4) is 0 Å². The first-order chi connectivity index (χ1) is 30.9. The van der Waals surface area contributed by atoms with Gasteiger partial charge in [0.25, 0.3) is 10.1 Å². The van der Waals surface area contributed by atoms with Crippen LogP contribution in [0.4, 0.5) is 22.7 Å². The number of benzene rings is 4. The molecule has 0 spiro atoms. The van der Waals surface area contributed by atoms with Crippen LogP contribution in [0.3, 0.4) is 0 Å². The van der Waals surface area contributed by atoms with E-state index in [0.29, 0.717) is 6.41 Å². The molecule has 0 fully saturated rings. The molecule has 0 atom stereocenters. The number of esters is 1. The number of hydrazone groups is 1. The lowest BCUT2D eigenvalue weighted by Crippen LogP contribution is -2.33. The van der Waals surface area contributed by atoms with Crippen LogP contribution in [0.5, 0.6) is 0 Å². The van der Waals surface area contributed by atoms with Gasteiger partial charge >= 0.3 is 5.97 Å². The summed E-state index contributed by atoms with van der Waals surface area (Å²) in [6.45, 7) is 10.8. The second-order valence-corrected chi connectivity index (χ2v) is 19.1. The van der Waals surface area contributed by atoms with E-state index in [1.807, 2.05) is 37.4 Å². The summed E-state index contributed by atoms with van der Waals surface area (Å²) < 4.78 is 35.7. The maximum atomic E-state index is 12.2. The minimum absolute atomic E-state index is 0.0656. The Hall–Kier alpha value is -4.82. The number of carbonyl (C=O) groups excluding carboxylic acids is 2. The number of anilines is 4. The Morgan fingerprint density at radius 2 is 1.25 bits per heavy atom. The SMILES string of the molecule is CCCCC.CCCCCCCCCCN(/N=C/c1ccc(N(c2ccc(C)cc2)c2ccc(/C=C(\C)SC(=S)N(C=O)CC(=O)OCCCS(=O)(=O)O)cc2)cc1)c1ccccc1. The van der Waals surface area contributed by atoms with Gasteiger partial charge in [-0.2, -0.15) is 13.5 Å². The summed E-state index contributed by atoms with van der Waals surface area (Å²) in [6.07, 6.45) is 18.5. The minimum atomic E-state index is -4.15. The van der Waals surface area contributed by atoms with Crippen molar-refractivity contribution in [1.29, 1.82) is 0 Å². The predicted molar refractivity (Wildman–Crippen MR) is 274 cm³/mol. The Balaban J connectivity index is 0.00000206. The molecule has 346 valence electrons. The molecule has 0 aliphatic carbocycles. The fraction of sp³-hybridized carbons (Fsp3) is 0.412. The van der Waals surface area contributed by atoms with Gasteiger partial charge in [-0.1, -0.05) is 169 Å². The van der Waals surface area contributed by atoms with Crippen molar-refractivity contribution < 1.29 is 27.3 Å². The number of hydrogen-bond donors (Lipinski definition) is 1. The Labute approximate surface area is 392 Å². The lowest BCUT2D eigenvalue weighted by atomic mass is 10.1. The number of thioether (sulfide) groups is 1. The fourth-order valence-corrected chi connectivity index (χ4v) is 8.21. The van der Waals surface area contributed by atoms with Crippen LogP contribution in [0, 0.1) is 6.92 Å². The second-order valence-electron chi connectivity index (χ2n) is 15.6. The van der Waals surface area contributed by atoms with Crippen LogP contribution >= 0.6 is 24.0 Å². The third-order valence-corrected chi connectivity index (χ3v) is 12.2. The first kappa shape index (κ1) is 53.5. The number of amides is 1. The highest BCUT2D eigenvalue weighted by molar-refractivity contribution is 8.25. The van der Waals surface area contributed by atoms with Gasteiger partial charge in [-0.05, 0) is 97.3 Å². The maximum absolute atomic E-state index is 12.2. The maximum Gasteiger partial charge on any atom is 0.326 e. The van der Waals surface area contributed by atoms with Gasteiger partial charge in [0.1, 0.15) is 10.9 Å². The number of ether oxygens (including phenoxy) is 1. The van der Waals surface area contributed by atoms with Crippen LogP contribution < -0.4 is 9.91 Å². The molecule has 0 aromatic heterocycles. The highest BCUT2D eigenvalue weighted by Crippen LogP contribution is 2.35. The van der Waals surface area contributed by atoms with Crippen molar-refractivity contribution in [1.82, 2.24) is 4.90 Å². The quantitative estimate of drug-likeness (QED) is 0.0124. The number of para-hydroxylation sites is 1. The number of nitrogens with zero attached hydrogens (tertiary/aromatic N) is 4. The van der Waals surface area contributed by atoms with Crippen molar-refractivity contribution in [2.45, 2.75) is 112 Å². The molecule has 0 aliphatic heterocycles. The Bertz CT molecular complexity index is 2130. The number of hydrogen-bond acceptors (Lipinski definition) is 10.